The van der Waals surface area contributed by atoms with Crippen LogP contribution in [0.2, 0.25) is 0 Å². The molecule has 114 valence electrons. The topological polar surface area (TPSA) is 48.3 Å². The Bertz CT molecular complexity index is 554. The molecule has 2 rings (SSSR count). The number of benzene rings is 1. The number of nitrogens with zero attached hydrogens (tertiary/aromatic N) is 2. The molecule has 0 spiro atoms. The maximum atomic E-state index is 5.61. The van der Waals surface area contributed by atoms with Gasteiger partial charge in [0.25, 0.3) is 0 Å². The Kier molecular flexibility index (Phi) is 5.63. The molecule has 1 atom stereocenters. The molecule has 0 aliphatic carbocycles. The van der Waals surface area contributed by atoms with Crippen molar-refractivity contribution >= 4 is 5.69 Å². The lowest BCUT2D eigenvalue weighted by molar-refractivity contribution is 0.146. The largest absolute Gasteiger partial charge is 0.491 e. The van der Waals surface area contributed by atoms with Crippen LogP contribution in [0, 0.1) is 0 Å². The molecule has 0 saturated carbocycles. The van der Waals surface area contributed by atoms with Gasteiger partial charge in [0.2, 0.25) is 0 Å². The highest BCUT2D eigenvalue weighted by atomic mass is 16.5. The van der Waals surface area contributed by atoms with Crippen LogP contribution in [0.1, 0.15) is 25.5 Å². The molecule has 0 saturated heterocycles. The maximum absolute atomic E-state index is 5.61. The number of hydrogen-bond donors (Lipinski definition) is 1. The Morgan fingerprint density at radius 1 is 1.33 bits per heavy atom. The van der Waals surface area contributed by atoms with Crippen molar-refractivity contribution in [2.24, 2.45) is 0 Å². The monoisotopic (exact) mass is 289 g/mol. The molecule has 1 aromatic heterocycles. The highest BCUT2D eigenvalue weighted by Crippen LogP contribution is 2.22. The number of hydrogen-bond acceptors (Lipinski definition) is 4. The molecule has 5 nitrogen and oxygen atoms in total. The van der Waals surface area contributed by atoms with Crippen LogP contribution < -0.4 is 10.1 Å². The fourth-order valence-electron chi connectivity index (χ4n) is 2.03. The van der Waals surface area contributed by atoms with E-state index in [4.69, 9.17) is 9.47 Å². The number of nitrogens with one attached hydrogen (secondary N) is 1. The number of ether oxygens (including phenoxy) is 2. The van der Waals surface area contributed by atoms with Gasteiger partial charge in [0.05, 0.1) is 18.8 Å². The minimum Gasteiger partial charge on any atom is -0.491 e. The van der Waals surface area contributed by atoms with Gasteiger partial charge in [-0.1, -0.05) is 6.07 Å². The highest BCUT2D eigenvalue weighted by Gasteiger charge is 2.08. The Morgan fingerprint density at radius 3 is 2.90 bits per heavy atom. The Hall–Kier alpha value is -2.01. The molecule has 0 amide bonds. The number of methoxy groups -OCH3 is 1. The van der Waals surface area contributed by atoms with Crippen LogP contribution in [0.15, 0.2) is 36.7 Å². The van der Waals surface area contributed by atoms with Gasteiger partial charge in [-0.25, -0.2) is 0 Å². The third-order valence-electron chi connectivity index (χ3n) is 3.25. The van der Waals surface area contributed by atoms with Gasteiger partial charge >= 0.3 is 0 Å². The van der Waals surface area contributed by atoms with Crippen molar-refractivity contribution in [3.05, 3.63) is 42.2 Å². The zero-order valence-corrected chi connectivity index (χ0v) is 12.9. The molecule has 2 aromatic rings. The fourth-order valence-corrected chi connectivity index (χ4v) is 2.03. The van der Waals surface area contributed by atoms with E-state index in [1.807, 2.05) is 35.1 Å². The summed E-state index contributed by atoms with van der Waals surface area (Å²) in [6, 6.07) is 8.15. The van der Waals surface area contributed by atoms with Crippen LogP contribution in [0.3, 0.4) is 0 Å². The molecule has 1 unspecified atom stereocenters. The Labute approximate surface area is 125 Å². The van der Waals surface area contributed by atoms with Crippen molar-refractivity contribution in [1.29, 1.82) is 0 Å². The van der Waals surface area contributed by atoms with Crippen molar-refractivity contribution in [2.75, 3.05) is 25.6 Å². The van der Waals surface area contributed by atoms with Crippen LogP contribution in [0.25, 0.3) is 0 Å². The lowest BCUT2D eigenvalue weighted by Crippen LogP contribution is -2.07. The van der Waals surface area contributed by atoms with E-state index >= 15 is 0 Å². The predicted octanol–water partition coefficient (Wildman–Crippen LogP) is 3.10. The summed E-state index contributed by atoms with van der Waals surface area (Å²) >= 11 is 0. The van der Waals surface area contributed by atoms with E-state index in [-0.39, 0.29) is 6.04 Å². The van der Waals surface area contributed by atoms with Gasteiger partial charge in [-0.3, -0.25) is 4.68 Å². The van der Waals surface area contributed by atoms with Crippen molar-refractivity contribution < 1.29 is 9.47 Å². The van der Waals surface area contributed by atoms with Gasteiger partial charge < -0.3 is 14.8 Å². The zero-order chi connectivity index (χ0) is 15.1. The van der Waals surface area contributed by atoms with Gasteiger partial charge in [-0.05, 0) is 26.0 Å². The first-order valence-corrected chi connectivity index (χ1v) is 7.23. The minimum absolute atomic E-state index is 0.194. The number of rotatable bonds is 8. The van der Waals surface area contributed by atoms with Gasteiger partial charge in [-0.2, -0.15) is 5.10 Å². The third kappa shape index (κ3) is 4.49. The van der Waals surface area contributed by atoms with E-state index in [1.165, 1.54) is 5.56 Å². The molecule has 0 bridgehead atoms. The van der Waals surface area contributed by atoms with Crippen LogP contribution in [0.4, 0.5) is 5.69 Å². The smallest absolute Gasteiger partial charge is 0.121 e. The first kappa shape index (κ1) is 15.4. The average Bonchev–Trinajstić information content (AvgIpc) is 2.97. The van der Waals surface area contributed by atoms with E-state index < -0.39 is 0 Å². The molecule has 0 aliphatic rings. The summed E-state index contributed by atoms with van der Waals surface area (Å²) in [5.41, 5.74) is 2.20. The maximum Gasteiger partial charge on any atom is 0.121 e. The highest BCUT2D eigenvalue weighted by molar-refractivity contribution is 5.49. The van der Waals surface area contributed by atoms with E-state index in [2.05, 4.69) is 30.5 Å². The Balaban J connectivity index is 1.96. The second-order valence-electron chi connectivity index (χ2n) is 4.86. The second kappa shape index (κ2) is 7.69. The van der Waals surface area contributed by atoms with Gasteiger partial charge in [0.15, 0.2) is 0 Å². The number of anilines is 1. The summed E-state index contributed by atoms with van der Waals surface area (Å²) in [5, 5.41) is 7.76. The second-order valence-corrected chi connectivity index (χ2v) is 4.86. The first-order valence-electron chi connectivity index (χ1n) is 7.23. The summed E-state index contributed by atoms with van der Waals surface area (Å²) < 4.78 is 12.5. The molecule has 1 N–H and O–H groups in total. The number of aromatic nitrogens is 2. The average molecular weight is 289 g/mol. The molecule has 1 heterocycles. The lowest BCUT2D eigenvalue weighted by Gasteiger charge is -2.14. The Morgan fingerprint density at radius 2 is 2.19 bits per heavy atom. The third-order valence-corrected chi connectivity index (χ3v) is 3.25. The fraction of sp³-hybridized carbons (Fsp3) is 0.438. The van der Waals surface area contributed by atoms with Crippen molar-refractivity contribution in [1.82, 2.24) is 9.78 Å². The van der Waals surface area contributed by atoms with E-state index in [1.54, 1.807) is 7.11 Å². The van der Waals surface area contributed by atoms with E-state index in [9.17, 15) is 0 Å². The molecule has 5 heteroatoms. The van der Waals surface area contributed by atoms with Crippen LogP contribution in [0.5, 0.6) is 5.75 Å². The molecule has 0 radical (unpaired) electrons. The van der Waals surface area contributed by atoms with Gasteiger partial charge in [-0.15, -0.1) is 0 Å². The molecule has 21 heavy (non-hydrogen) atoms. The quantitative estimate of drug-likeness (QED) is 0.759. The SMILES string of the molecule is CCn1cc(C(C)Nc2cccc(OCCOC)c2)cn1. The summed E-state index contributed by atoms with van der Waals surface area (Å²) in [7, 11) is 1.67. The van der Waals surface area contributed by atoms with Crippen LogP contribution in [-0.2, 0) is 11.3 Å². The minimum atomic E-state index is 0.194. The summed E-state index contributed by atoms with van der Waals surface area (Å²) in [6.07, 6.45) is 3.97. The zero-order valence-electron chi connectivity index (χ0n) is 12.9. The summed E-state index contributed by atoms with van der Waals surface area (Å²) in [6.45, 7) is 6.23. The van der Waals surface area contributed by atoms with Crippen molar-refractivity contribution in [3.63, 3.8) is 0 Å². The van der Waals surface area contributed by atoms with Gasteiger partial charge in [0, 0.05) is 37.2 Å². The van der Waals surface area contributed by atoms with Crippen LogP contribution in [-0.4, -0.2) is 30.1 Å². The predicted molar refractivity (Wildman–Crippen MR) is 83.8 cm³/mol. The molecule has 0 fully saturated rings. The molecular formula is C16H23N3O2. The van der Waals surface area contributed by atoms with Crippen LogP contribution >= 0.6 is 0 Å². The summed E-state index contributed by atoms with van der Waals surface area (Å²) in [5.74, 6) is 0.841. The standard InChI is InChI=1S/C16H23N3O2/c1-4-19-12-14(11-17-19)13(2)18-15-6-5-7-16(10-15)21-9-8-20-3/h5-7,10-13,18H,4,8-9H2,1-3H3. The first-order chi connectivity index (χ1) is 10.2. The van der Waals surface area contributed by atoms with E-state index in [0.717, 1.165) is 18.0 Å². The molecular weight excluding hydrogens is 266 g/mol. The van der Waals surface area contributed by atoms with Crippen molar-refractivity contribution in [3.8, 4) is 5.75 Å². The summed E-state index contributed by atoms with van der Waals surface area (Å²) in [4.78, 5) is 0. The molecule has 1 aromatic carbocycles. The van der Waals surface area contributed by atoms with Crippen molar-refractivity contribution in [2.45, 2.75) is 26.4 Å². The number of aryl methyl sites for hydroxylation is 1. The molecule has 0 aliphatic heterocycles. The lowest BCUT2D eigenvalue weighted by atomic mass is 10.2. The van der Waals surface area contributed by atoms with Gasteiger partial charge in [0.1, 0.15) is 12.4 Å². The van der Waals surface area contributed by atoms with E-state index in [0.29, 0.717) is 13.2 Å². The normalized spacial score (nSPS) is 12.1.